The van der Waals surface area contributed by atoms with E-state index in [1.165, 1.54) is 0 Å². The summed E-state index contributed by atoms with van der Waals surface area (Å²) in [6, 6.07) is 2.84. The van der Waals surface area contributed by atoms with Crippen LogP contribution in [0.4, 0.5) is 23.2 Å². The lowest BCUT2D eigenvalue weighted by Crippen LogP contribution is -2.09. The van der Waals surface area contributed by atoms with E-state index in [-0.39, 0.29) is 0 Å². The fraction of sp³-hybridized carbons (Fsp3) is 0.143. The van der Waals surface area contributed by atoms with Crippen LogP contribution in [0.3, 0.4) is 0 Å². The van der Waals surface area contributed by atoms with Crippen molar-refractivity contribution < 1.29 is 22.5 Å². The van der Waals surface area contributed by atoms with Crippen LogP contribution < -0.4 is 0 Å². The fourth-order valence-corrected chi connectivity index (χ4v) is 0.816. The second kappa shape index (κ2) is 3.24. The van der Waals surface area contributed by atoms with E-state index in [1.807, 2.05) is 0 Å². The van der Waals surface area contributed by atoms with Gasteiger partial charge in [0.1, 0.15) is 5.56 Å². The van der Waals surface area contributed by atoms with Crippen molar-refractivity contribution in [3.8, 4) is 0 Å². The van der Waals surface area contributed by atoms with Crippen molar-refractivity contribution in [1.29, 1.82) is 0 Å². The molecule has 0 aliphatic carbocycles. The van der Waals surface area contributed by atoms with Crippen LogP contribution in [0.15, 0.2) is 12.1 Å². The van der Waals surface area contributed by atoms with Crippen molar-refractivity contribution in [2.45, 2.75) is 6.18 Å². The number of halogens is 4. The number of nitro groups is 1. The molecule has 0 heterocycles. The molecule has 0 aliphatic heterocycles. The number of hydrogen-bond acceptors (Lipinski definition) is 2. The maximum Gasteiger partial charge on any atom is 0.420 e. The average Bonchev–Trinajstić information content (AvgIpc) is 2.01. The molecule has 0 aliphatic rings. The van der Waals surface area contributed by atoms with Crippen molar-refractivity contribution in [3.05, 3.63) is 39.7 Å². The Morgan fingerprint density at radius 2 is 2.00 bits per heavy atom. The number of nitro benzene ring substituents is 1. The van der Waals surface area contributed by atoms with Crippen LogP contribution in [0.5, 0.6) is 0 Å². The quantitative estimate of drug-likeness (QED) is 0.404. The van der Waals surface area contributed by atoms with Crippen molar-refractivity contribution in [2.75, 3.05) is 0 Å². The minimum atomic E-state index is -4.98. The zero-order valence-electron chi connectivity index (χ0n) is 6.43. The first-order valence-electron chi connectivity index (χ1n) is 3.26. The molecular weight excluding hydrogens is 206 g/mol. The lowest BCUT2D eigenvalue weighted by molar-refractivity contribution is -0.387. The predicted octanol–water partition coefficient (Wildman–Crippen LogP) is 2.55. The standard InChI is InChI=1S/C7H2F4NO2/c8-6-4(7(9,10)11)2-1-3-5(6)12(13)14/h1,3H. The van der Waals surface area contributed by atoms with Gasteiger partial charge in [-0.3, -0.25) is 10.1 Å². The van der Waals surface area contributed by atoms with Gasteiger partial charge in [0, 0.05) is 6.07 Å². The van der Waals surface area contributed by atoms with Gasteiger partial charge in [-0.15, -0.1) is 0 Å². The van der Waals surface area contributed by atoms with E-state index in [9.17, 15) is 27.7 Å². The molecule has 0 amide bonds. The Bertz CT molecular complexity index is 374. The Kier molecular flexibility index (Phi) is 2.41. The molecule has 0 N–H and O–H groups in total. The average molecular weight is 208 g/mol. The zero-order valence-corrected chi connectivity index (χ0v) is 6.43. The lowest BCUT2D eigenvalue weighted by atomic mass is 10.2. The van der Waals surface area contributed by atoms with Crippen LogP contribution in [-0.2, 0) is 6.18 Å². The summed E-state index contributed by atoms with van der Waals surface area (Å²) in [5.74, 6) is -1.91. The maximum atomic E-state index is 12.8. The molecule has 14 heavy (non-hydrogen) atoms. The van der Waals surface area contributed by atoms with Crippen LogP contribution in [0.25, 0.3) is 0 Å². The second-order valence-corrected chi connectivity index (χ2v) is 2.31. The van der Waals surface area contributed by atoms with Gasteiger partial charge in [-0.05, 0) is 12.1 Å². The fourth-order valence-electron chi connectivity index (χ4n) is 0.816. The van der Waals surface area contributed by atoms with Crippen molar-refractivity contribution in [2.24, 2.45) is 0 Å². The monoisotopic (exact) mass is 208 g/mol. The van der Waals surface area contributed by atoms with Gasteiger partial charge in [-0.1, -0.05) is 0 Å². The van der Waals surface area contributed by atoms with Crippen molar-refractivity contribution in [1.82, 2.24) is 0 Å². The normalized spacial score (nSPS) is 11.4. The van der Waals surface area contributed by atoms with Crippen LogP contribution in [0, 0.1) is 22.0 Å². The van der Waals surface area contributed by atoms with E-state index in [0.29, 0.717) is 12.1 Å². The van der Waals surface area contributed by atoms with Crippen LogP contribution in [0.2, 0.25) is 0 Å². The Morgan fingerprint density at radius 3 is 2.43 bits per heavy atom. The molecule has 3 nitrogen and oxygen atoms in total. The molecule has 1 aromatic rings. The van der Waals surface area contributed by atoms with E-state index in [1.54, 1.807) is 6.07 Å². The highest BCUT2D eigenvalue weighted by Crippen LogP contribution is 2.33. The number of rotatable bonds is 1. The first-order chi connectivity index (χ1) is 6.34. The van der Waals surface area contributed by atoms with Crippen LogP contribution in [0.1, 0.15) is 5.56 Å². The largest absolute Gasteiger partial charge is 0.420 e. The van der Waals surface area contributed by atoms with Gasteiger partial charge < -0.3 is 0 Å². The van der Waals surface area contributed by atoms with E-state index in [4.69, 9.17) is 0 Å². The molecule has 0 bridgehead atoms. The molecule has 75 valence electrons. The molecular formula is C7H2F4NO2. The Balaban J connectivity index is 3.35. The zero-order chi connectivity index (χ0) is 10.9. The Morgan fingerprint density at radius 1 is 1.43 bits per heavy atom. The number of benzene rings is 1. The van der Waals surface area contributed by atoms with Gasteiger partial charge in [-0.2, -0.15) is 17.6 Å². The topological polar surface area (TPSA) is 43.1 Å². The molecule has 0 unspecified atom stereocenters. The molecule has 1 aromatic carbocycles. The summed E-state index contributed by atoms with van der Waals surface area (Å²) < 4.78 is 48.8. The molecule has 0 fully saturated rings. The summed E-state index contributed by atoms with van der Waals surface area (Å²) >= 11 is 0. The molecule has 0 saturated heterocycles. The number of hydrogen-bond donors (Lipinski definition) is 0. The Hall–Kier alpha value is -1.66. The minimum absolute atomic E-state index is 0.616. The summed E-state index contributed by atoms with van der Waals surface area (Å²) in [6.07, 6.45) is -4.98. The highest BCUT2D eigenvalue weighted by Gasteiger charge is 2.37. The van der Waals surface area contributed by atoms with Gasteiger partial charge in [0.25, 0.3) is 0 Å². The minimum Gasteiger partial charge on any atom is -0.258 e. The van der Waals surface area contributed by atoms with Gasteiger partial charge >= 0.3 is 11.9 Å². The van der Waals surface area contributed by atoms with E-state index in [0.717, 1.165) is 0 Å². The first kappa shape index (κ1) is 10.4. The van der Waals surface area contributed by atoms with E-state index in [2.05, 4.69) is 0 Å². The summed E-state index contributed by atoms with van der Waals surface area (Å²) in [5.41, 5.74) is -2.97. The molecule has 7 heteroatoms. The van der Waals surface area contributed by atoms with Gasteiger partial charge in [-0.25, -0.2) is 0 Å². The summed E-state index contributed by atoms with van der Waals surface area (Å²) in [7, 11) is 0. The molecule has 0 aromatic heterocycles. The summed E-state index contributed by atoms with van der Waals surface area (Å²) in [5, 5.41) is 10.1. The molecule has 0 atom stereocenters. The molecule has 0 spiro atoms. The summed E-state index contributed by atoms with van der Waals surface area (Å²) in [4.78, 5) is 8.86. The van der Waals surface area contributed by atoms with Crippen LogP contribution in [-0.4, -0.2) is 4.92 Å². The highest BCUT2D eigenvalue weighted by molar-refractivity contribution is 5.37. The predicted molar refractivity (Wildman–Crippen MR) is 36.9 cm³/mol. The third kappa shape index (κ3) is 1.81. The van der Waals surface area contributed by atoms with E-state index < -0.39 is 28.2 Å². The third-order valence-corrected chi connectivity index (χ3v) is 1.39. The van der Waals surface area contributed by atoms with Gasteiger partial charge in [0.2, 0.25) is 5.82 Å². The number of nitrogens with zero attached hydrogens (tertiary/aromatic N) is 1. The number of alkyl halides is 3. The summed E-state index contributed by atoms with van der Waals surface area (Å²) in [6.45, 7) is 0. The molecule has 0 saturated carbocycles. The van der Waals surface area contributed by atoms with E-state index >= 15 is 0 Å². The highest BCUT2D eigenvalue weighted by atomic mass is 19.4. The molecule has 1 rings (SSSR count). The van der Waals surface area contributed by atoms with Gasteiger partial charge in [0.05, 0.1) is 4.92 Å². The molecule has 1 radical (unpaired) electrons. The van der Waals surface area contributed by atoms with Crippen LogP contribution >= 0.6 is 0 Å². The first-order valence-corrected chi connectivity index (χ1v) is 3.26. The van der Waals surface area contributed by atoms with Crippen molar-refractivity contribution in [3.63, 3.8) is 0 Å². The SMILES string of the molecule is O=[N+]([O-])c1cc[c]c(C(F)(F)F)c1F. The van der Waals surface area contributed by atoms with Crippen molar-refractivity contribution >= 4 is 5.69 Å². The van der Waals surface area contributed by atoms with Gasteiger partial charge in [0.15, 0.2) is 0 Å². The maximum absolute atomic E-state index is 12.8. The third-order valence-electron chi connectivity index (χ3n) is 1.39. The lowest BCUT2D eigenvalue weighted by Gasteiger charge is -2.06. The Labute approximate surface area is 75.1 Å². The smallest absolute Gasteiger partial charge is 0.258 e. The second-order valence-electron chi connectivity index (χ2n) is 2.31.